The van der Waals surface area contributed by atoms with E-state index in [1.165, 1.54) is 28.4 Å². The van der Waals surface area contributed by atoms with Crippen molar-refractivity contribution in [3.05, 3.63) is 127 Å². The maximum Gasteiger partial charge on any atom is 0.335 e. The Morgan fingerprint density at radius 2 is 0.619 bits per heavy atom. The summed E-state index contributed by atoms with van der Waals surface area (Å²) < 4.78 is 20.8. The second kappa shape index (κ2) is 9.27. The first kappa shape index (κ1) is 26.0. The third-order valence-electron chi connectivity index (χ3n) is 9.13. The van der Waals surface area contributed by atoms with Crippen LogP contribution in [0.5, 0.6) is 0 Å². The first-order valence-electron chi connectivity index (χ1n) is 13.5. The van der Waals surface area contributed by atoms with Crippen molar-refractivity contribution in [3.63, 3.8) is 0 Å². The average molecular weight is 563 g/mol. The Kier molecular flexibility index (Phi) is 5.73. The molecule has 6 aliphatic rings. The predicted molar refractivity (Wildman–Crippen MR) is 149 cm³/mol. The Morgan fingerprint density at radius 1 is 0.405 bits per heavy atom. The summed E-state index contributed by atoms with van der Waals surface area (Å²) >= 11 is 0. The first-order chi connectivity index (χ1) is 20.4. The minimum atomic E-state index is -0.599. The summed E-state index contributed by atoms with van der Waals surface area (Å²) in [5, 5.41) is 0. The molecule has 0 heterocycles. The molecule has 0 N–H and O–H groups in total. The number of carbonyl (C=O) groups is 4. The fourth-order valence-electron chi connectivity index (χ4n) is 7.63. The van der Waals surface area contributed by atoms with Crippen LogP contribution in [0, 0.1) is 0 Å². The Hall–Kier alpha value is -4.98. The number of methoxy groups -OCH3 is 4. The van der Waals surface area contributed by atoms with Gasteiger partial charge in [0.1, 0.15) is 0 Å². The minimum Gasteiger partial charge on any atom is -0.466 e. The predicted octanol–water partition coefficient (Wildman–Crippen LogP) is 4.15. The summed E-state index contributed by atoms with van der Waals surface area (Å²) in [4.78, 5) is 53.2. The van der Waals surface area contributed by atoms with E-state index in [9.17, 15) is 19.2 Å². The lowest BCUT2D eigenvalue weighted by molar-refractivity contribution is -0.140. The molecule has 6 aliphatic carbocycles. The van der Waals surface area contributed by atoms with Crippen molar-refractivity contribution in [2.24, 2.45) is 0 Å². The maximum absolute atomic E-state index is 13.3. The zero-order valence-electron chi connectivity index (χ0n) is 23.3. The van der Waals surface area contributed by atoms with Crippen LogP contribution < -0.4 is 0 Å². The van der Waals surface area contributed by atoms with Crippen molar-refractivity contribution in [1.82, 2.24) is 0 Å². The standard InChI is InChI=1S/C34H26O8/c1-39-31(35)27-23-15-9-5-6-10-16(15)24(28(27)32(36)40-2)20-14-22-21(13-19(20)23)25-17-11-7-8-12-18(17)26(22)30(34(38)42-4)29(25)33(37)41-3/h5-14,23-26H,1-4H3. The normalized spacial score (nSPS) is 22.0. The fourth-order valence-corrected chi connectivity index (χ4v) is 7.63. The Balaban J connectivity index is 1.55. The fraction of sp³-hybridized carbons (Fsp3) is 0.235. The van der Waals surface area contributed by atoms with Crippen LogP contribution in [0.25, 0.3) is 0 Å². The number of hydrogen-bond donors (Lipinski definition) is 0. The maximum atomic E-state index is 13.3. The summed E-state index contributed by atoms with van der Waals surface area (Å²) in [5.74, 6) is -4.75. The number of benzene rings is 3. The molecular weight excluding hydrogens is 536 g/mol. The van der Waals surface area contributed by atoms with E-state index in [4.69, 9.17) is 18.9 Å². The van der Waals surface area contributed by atoms with E-state index < -0.39 is 47.5 Å². The lowest BCUT2D eigenvalue weighted by Crippen LogP contribution is -2.38. The van der Waals surface area contributed by atoms with Crippen LogP contribution in [-0.4, -0.2) is 52.3 Å². The highest BCUT2D eigenvalue weighted by Crippen LogP contribution is 2.61. The summed E-state index contributed by atoms with van der Waals surface area (Å²) in [6.07, 6.45) is 0. The van der Waals surface area contributed by atoms with Crippen LogP contribution >= 0.6 is 0 Å². The molecule has 210 valence electrons. The molecule has 0 amide bonds. The summed E-state index contributed by atoms with van der Waals surface area (Å²) in [6, 6.07) is 19.5. The molecule has 0 aromatic heterocycles. The van der Waals surface area contributed by atoms with Gasteiger partial charge in [0.15, 0.2) is 0 Å². The van der Waals surface area contributed by atoms with E-state index in [1.807, 2.05) is 60.7 Å². The highest BCUT2D eigenvalue weighted by atomic mass is 16.5. The molecule has 4 unspecified atom stereocenters. The van der Waals surface area contributed by atoms with Crippen LogP contribution in [0.2, 0.25) is 0 Å². The molecule has 3 aromatic rings. The molecule has 8 nitrogen and oxygen atoms in total. The smallest absolute Gasteiger partial charge is 0.335 e. The molecule has 0 radical (unpaired) electrons. The summed E-state index contributed by atoms with van der Waals surface area (Å²) in [6.45, 7) is 0. The van der Waals surface area contributed by atoms with Gasteiger partial charge in [-0.05, 0) is 44.5 Å². The Labute approximate surface area is 241 Å². The van der Waals surface area contributed by atoms with Crippen LogP contribution in [0.1, 0.15) is 68.2 Å². The molecule has 4 bridgehead atoms. The molecule has 9 rings (SSSR count). The van der Waals surface area contributed by atoms with Gasteiger partial charge in [-0.1, -0.05) is 60.7 Å². The number of esters is 4. The number of ether oxygens (including phenoxy) is 4. The SMILES string of the molecule is COC(=O)C1=C(C(=O)OC)C2c3ccccc3C1c1cc3c(cc12)C1C(C(=O)OC)=C(C(=O)OC)C3c2ccccc21. The van der Waals surface area contributed by atoms with Crippen molar-refractivity contribution >= 4 is 23.9 Å². The monoisotopic (exact) mass is 562 g/mol. The molecule has 0 saturated heterocycles. The number of rotatable bonds is 4. The van der Waals surface area contributed by atoms with Crippen LogP contribution in [0.15, 0.2) is 83.0 Å². The van der Waals surface area contributed by atoms with E-state index in [0.717, 1.165) is 44.5 Å². The van der Waals surface area contributed by atoms with Gasteiger partial charge in [0.2, 0.25) is 0 Å². The quantitative estimate of drug-likeness (QED) is 0.345. The minimum absolute atomic E-state index is 0.251. The van der Waals surface area contributed by atoms with Gasteiger partial charge >= 0.3 is 23.9 Å². The molecule has 0 spiro atoms. The molecular formula is C34H26O8. The van der Waals surface area contributed by atoms with Crippen molar-refractivity contribution in [2.45, 2.75) is 23.7 Å². The van der Waals surface area contributed by atoms with Gasteiger partial charge < -0.3 is 18.9 Å². The highest BCUT2D eigenvalue weighted by molar-refractivity contribution is 6.08. The van der Waals surface area contributed by atoms with E-state index >= 15 is 0 Å². The van der Waals surface area contributed by atoms with Crippen molar-refractivity contribution < 1.29 is 38.1 Å². The van der Waals surface area contributed by atoms with Crippen molar-refractivity contribution in [3.8, 4) is 0 Å². The second-order valence-electron chi connectivity index (χ2n) is 10.7. The number of hydrogen-bond acceptors (Lipinski definition) is 8. The lowest BCUT2D eigenvalue weighted by atomic mass is 9.56. The van der Waals surface area contributed by atoms with Crippen molar-refractivity contribution in [1.29, 1.82) is 0 Å². The van der Waals surface area contributed by atoms with Gasteiger partial charge in [0, 0.05) is 23.7 Å². The summed E-state index contributed by atoms with van der Waals surface area (Å²) in [7, 11) is 5.18. The molecule has 3 aromatic carbocycles. The topological polar surface area (TPSA) is 105 Å². The zero-order chi connectivity index (χ0) is 29.4. The molecule has 4 atom stereocenters. The van der Waals surface area contributed by atoms with E-state index in [0.29, 0.717) is 0 Å². The van der Waals surface area contributed by atoms with Crippen LogP contribution in [-0.2, 0) is 38.1 Å². The average Bonchev–Trinajstić information content (AvgIpc) is 3.04. The Morgan fingerprint density at radius 3 is 0.810 bits per heavy atom. The molecule has 42 heavy (non-hydrogen) atoms. The first-order valence-corrected chi connectivity index (χ1v) is 13.5. The summed E-state index contributed by atoms with van der Waals surface area (Å²) in [5.41, 5.74) is 8.01. The van der Waals surface area contributed by atoms with Gasteiger partial charge in [-0.15, -0.1) is 0 Å². The van der Waals surface area contributed by atoms with E-state index in [1.54, 1.807) is 0 Å². The van der Waals surface area contributed by atoms with E-state index in [2.05, 4.69) is 0 Å². The van der Waals surface area contributed by atoms with Gasteiger partial charge in [-0.25, -0.2) is 19.2 Å². The molecule has 8 heteroatoms. The van der Waals surface area contributed by atoms with Crippen molar-refractivity contribution in [2.75, 3.05) is 28.4 Å². The third-order valence-corrected chi connectivity index (χ3v) is 9.13. The molecule has 0 aliphatic heterocycles. The lowest BCUT2D eigenvalue weighted by Gasteiger charge is -2.46. The zero-order valence-corrected chi connectivity index (χ0v) is 23.3. The van der Waals surface area contributed by atoms with Gasteiger partial charge in [0.25, 0.3) is 0 Å². The van der Waals surface area contributed by atoms with E-state index in [-0.39, 0.29) is 22.3 Å². The van der Waals surface area contributed by atoms with Crippen LogP contribution in [0.4, 0.5) is 0 Å². The van der Waals surface area contributed by atoms with Gasteiger partial charge in [-0.2, -0.15) is 0 Å². The van der Waals surface area contributed by atoms with Gasteiger partial charge in [-0.3, -0.25) is 0 Å². The van der Waals surface area contributed by atoms with Crippen LogP contribution in [0.3, 0.4) is 0 Å². The highest BCUT2D eigenvalue weighted by Gasteiger charge is 2.52. The second-order valence-corrected chi connectivity index (χ2v) is 10.7. The number of carbonyl (C=O) groups excluding carboxylic acids is 4. The molecule has 0 fully saturated rings. The van der Waals surface area contributed by atoms with Gasteiger partial charge in [0.05, 0.1) is 50.7 Å². The Bertz CT molecular complexity index is 1570. The third kappa shape index (κ3) is 3.17. The molecule has 0 saturated carbocycles. The largest absolute Gasteiger partial charge is 0.466 e.